The molecule has 3 aromatic heterocycles. The van der Waals surface area contributed by atoms with Gasteiger partial charge >= 0.3 is 0 Å². The molecule has 3 aromatic rings. The van der Waals surface area contributed by atoms with Crippen molar-refractivity contribution in [1.82, 2.24) is 34.9 Å². The average molecular weight is 271 g/mol. The Morgan fingerprint density at radius 3 is 3.05 bits per heavy atom. The van der Waals surface area contributed by atoms with Gasteiger partial charge in [-0.1, -0.05) is 13.8 Å². The quantitative estimate of drug-likeness (QED) is 0.700. The molecular weight excluding hydrogens is 254 g/mol. The number of hydrogen-bond donors (Lipinski definition) is 2. The van der Waals surface area contributed by atoms with Gasteiger partial charge in [0, 0.05) is 0 Å². The average Bonchev–Trinajstić information content (AvgIpc) is 3.03. The van der Waals surface area contributed by atoms with Crippen LogP contribution in [0.4, 0.5) is 0 Å². The fourth-order valence-electron chi connectivity index (χ4n) is 3.10. The van der Waals surface area contributed by atoms with E-state index in [1.165, 1.54) is 12.8 Å². The Morgan fingerprint density at radius 1 is 1.30 bits per heavy atom. The Labute approximate surface area is 115 Å². The van der Waals surface area contributed by atoms with E-state index in [4.69, 9.17) is 0 Å². The predicted molar refractivity (Wildman–Crippen MR) is 74.2 cm³/mol. The highest BCUT2D eigenvalue weighted by molar-refractivity contribution is 5.84. The van der Waals surface area contributed by atoms with Crippen LogP contribution in [0.5, 0.6) is 0 Å². The van der Waals surface area contributed by atoms with Crippen LogP contribution in [0.15, 0.2) is 12.7 Å². The number of H-pyrrole nitrogens is 1. The zero-order chi connectivity index (χ0) is 13.7. The van der Waals surface area contributed by atoms with Crippen molar-refractivity contribution >= 4 is 16.8 Å². The molecule has 7 heteroatoms. The molecule has 7 nitrogen and oxygen atoms in total. The highest BCUT2D eigenvalue weighted by atomic mass is 15.3. The molecule has 1 fully saturated rings. The second kappa shape index (κ2) is 3.99. The first-order valence-electron chi connectivity index (χ1n) is 6.93. The molecule has 0 aliphatic carbocycles. The third-order valence-electron chi connectivity index (χ3n) is 4.25. The maximum atomic E-state index is 4.41. The molecule has 0 amide bonds. The molecule has 0 aromatic carbocycles. The Bertz CT molecular complexity index is 769. The van der Waals surface area contributed by atoms with Crippen molar-refractivity contribution in [2.45, 2.75) is 32.7 Å². The van der Waals surface area contributed by atoms with Gasteiger partial charge in [-0.15, -0.1) is 10.2 Å². The van der Waals surface area contributed by atoms with E-state index in [-0.39, 0.29) is 11.5 Å². The van der Waals surface area contributed by atoms with Gasteiger partial charge in [-0.05, 0) is 24.8 Å². The van der Waals surface area contributed by atoms with Gasteiger partial charge < -0.3 is 10.3 Å². The van der Waals surface area contributed by atoms with Crippen molar-refractivity contribution in [3.63, 3.8) is 0 Å². The van der Waals surface area contributed by atoms with Crippen molar-refractivity contribution in [1.29, 1.82) is 0 Å². The summed E-state index contributed by atoms with van der Waals surface area (Å²) in [5, 5.41) is 12.3. The van der Waals surface area contributed by atoms with Gasteiger partial charge in [0.05, 0.1) is 12.4 Å². The summed E-state index contributed by atoms with van der Waals surface area (Å²) in [6.45, 7) is 5.56. The minimum Gasteiger partial charge on any atom is -0.340 e. The van der Waals surface area contributed by atoms with Crippen molar-refractivity contribution in [3.05, 3.63) is 18.5 Å². The van der Waals surface area contributed by atoms with Gasteiger partial charge in [0.25, 0.3) is 0 Å². The van der Waals surface area contributed by atoms with Crippen LogP contribution < -0.4 is 5.32 Å². The Kier molecular flexibility index (Phi) is 2.35. The lowest BCUT2D eigenvalue weighted by molar-refractivity contribution is 0.173. The molecule has 0 spiro atoms. The highest BCUT2D eigenvalue weighted by Crippen LogP contribution is 2.39. The van der Waals surface area contributed by atoms with E-state index in [1.54, 1.807) is 12.7 Å². The molecule has 0 saturated carbocycles. The number of rotatable bonds is 1. The smallest absolute Gasteiger partial charge is 0.189 e. The van der Waals surface area contributed by atoms with Crippen molar-refractivity contribution in [2.75, 3.05) is 6.54 Å². The first-order chi connectivity index (χ1) is 9.67. The van der Waals surface area contributed by atoms with Crippen molar-refractivity contribution in [2.24, 2.45) is 5.41 Å². The molecule has 104 valence electrons. The van der Waals surface area contributed by atoms with E-state index in [0.29, 0.717) is 5.65 Å². The number of aromatic nitrogens is 6. The maximum Gasteiger partial charge on any atom is 0.189 e. The molecule has 1 atom stereocenters. The molecular formula is C13H17N7. The van der Waals surface area contributed by atoms with Gasteiger partial charge in [0.2, 0.25) is 0 Å². The summed E-state index contributed by atoms with van der Waals surface area (Å²) in [5.41, 5.74) is 2.45. The normalized spacial score (nSPS) is 22.6. The molecule has 1 unspecified atom stereocenters. The molecule has 4 heterocycles. The zero-order valence-electron chi connectivity index (χ0n) is 11.6. The van der Waals surface area contributed by atoms with E-state index in [0.717, 1.165) is 23.5 Å². The SMILES string of the molecule is CC1(C)CCCNC1c1nnc2c3[nH]cnc3ncn12. The zero-order valence-corrected chi connectivity index (χ0v) is 11.6. The van der Waals surface area contributed by atoms with E-state index < -0.39 is 0 Å². The van der Waals surface area contributed by atoms with Crippen LogP contribution >= 0.6 is 0 Å². The third kappa shape index (κ3) is 1.56. The number of nitrogens with zero attached hydrogens (tertiary/aromatic N) is 5. The van der Waals surface area contributed by atoms with E-state index in [1.807, 2.05) is 4.40 Å². The van der Waals surface area contributed by atoms with Crippen molar-refractivity contribution in [3.8, 4) is 0 Å². The first-order valence-corrected chi connectivity index (χ1v) is 6.93. The molecule has 1 aliphatic heterocycles. The Balaban J connectivity index is 1.91. The number of imidazole rings is 1. The first kappa shape index (κ1) is 11.8. The van der Waals surface area contributed by atoms with Gasteiger partial charge in [-0.25, -0.2) is 9.97 Å². The molecule has 0 bridgehead atoms. The van der Waals surface area contributed by atoms with Crippen LogP contribution in [0.2, 0.25) is 0 Å². The molecule has 1 saturated heterocycles. The third-order valence-corrected chi connectivity index (χ3v) is 4.25. The lowest BCUT2D eigenvalue weighted by atomic mass is 9.77. The summed E-state index contributed by atoms with van der Waals surface area (Å²) in [7, 11) is 0. The lowest BCUT2D eigenvalue weighted by Crippen LogP contribution is -2.40. The van der Waals surface area contributed by atoms with Gasteiger partial charge in [-0.3, -0.25) is 4.40 Å². The summed E-state index contributed by atoms with van der Waals surface area (Å²) in [6, 6.07) is 0.188. The highest BCUT2D eigenvalue weighted by Gasteiger charge is 2.36. The number of fused-ring (bicyclic) bond motifs is 3. The van der Waals surface area contributed by atoms with Gasteiger partial charge in [0.1, 0.15) is 11.8 Å². The van der Waals surface area contributed by atoms with Crippen LogP contribution in [0.3, 0.4) is 0 Å². The van der Waals surface area contributed by atoms with E-state index >= 15 is 0 Å². The monoisotopic (exact) mass is 271 g/mol. The molecule has 1 aliphatic rings. The molecule has 0 radical (unpaired) electrons. The van der Waals surface area contributed by atoms with E-state index in [2.05, 4.69) is 44.3 Å². The Morgan fingerprint density at radius 2 is 2.20 bits per heavy atom. The van der Waals surface area contributed by atoms with Gasteiger partial charge in [0.15, 0.2) is 17.1 Å². The summed E-state index contributed by atoms with van der Waals surface area (Å²) < 4.78 is 1.96. The van der Waals surface area contributed by atoms with Crippen molar-refractivity contribution < 1.29 is 0 Å². The van der Waals surface area contributed by atoms with Gasteiger partial charge in [-0.2, -0.15) is 0 Å². The standard InChI is InChI=1S/C13H17N7/c1-13(2)4-3-5-14-9(13)12-19-18-11-8-10(16-6-15-8)17-7-20(11)12/h6-7,9,14H,3-5H2,1-2H3,(H,15,16). The summed E-state index contributed by atoms with van der Waals surface area (Å²) >= 11 is 0. The second-order valence-corrected chi connectivity index (χ2v) is 6.08. The van der Waals surface area contributed by atoms with Crippen LogP contribution in [-0.4, -0.2) is 36.1 Å². The molecule has 2 N–H and O–H groups in total. The molecule has 20 heavy (non-hydrogen) atoms. The molecule has 4 rings (SSSR count). The van der Waals surface area contributed by atoms with Crippen LogP contribution in [0.25, 0.3) is 16.8 Å². The minimum absolute atomic E-state index is 0.157. The number of nitrogens with one attached hydrogen (secondary N) is 2. The number of hydrogen-bond acceptors (Lipinski definition) is 5. The minimum atomic E-state index is 0.157. The number of aromatic amines is 1. The van der Waals surface area contributed by atoms with E-state index in [9.17, 15) is 0 Å². The summed E-state index contributed by atoms with van der Waals surface area (Å²) in [5.74, 6) is 0.925. The fraction of sp³-hybridized carbons (Fsp3) is 0.538. The maximum absolute atomic E-state index is 4.41. The number of piperidine rings is 1. The summed E-state index contributed by atoms with van der Waals surface area (Å²) in [4.78, 5) is 11.6. The topological polar surface area (TPSA) is 83.8 Å². The largest absolute Gasteiger partial charge is 0.340 e. The lowest BCUT2D eigenvalue weighted by Gasteiger charge is -2.38. The van der Waals surface area contributed by atoms with Crippen LogP contribution in [0, 0.1) is 5.41 Å². The second-order valence-electron chi connectivity index (χ2n) is 6.08. The van der Waals surface area contributed by atoms with Crippen LogP contribution in [0.1, 0.15) is 38.6 Å². The van der Waals surface area contributed by atoms with Crippen LogP contribution in [-0.2, 0) is 0 Å². The predicted octanol–water partition coefficient (Wildman–Crippen LogP) is 1.45. The summed E-state index contributed by atoms with van der Waals surface area (Å²) in [6.07, 6.45) is 5.78. The fourth-order valence-corrected chi connectivity index (χ4v) is 3.10. The Hall–Kier alpha value is -2.02.